The lowest BCUT2D eigenvalue weighted by atomic mass is 10.0. The Morgan fingerprint density at radius 1 is 1.13 bits per heavy atom. The van der Waals surface area contributed by atoms with Gasteiger partial charge in [-0.15, -0.1) is 0 Å². The Balaban J connectivity index is 2.78. The summed E-state index contributed by atoms with van der Waals surface area (Å²) >= 11 is 0. The van der Waals surface area contributed by atoms with E-state index in [4.69, 9.17) is 9.84 Å². The number of aliphatic hydroxyl groups is 5. The summed E-state index contributed by atoms with van der Waals surface area (Å²) in [7, 11) is 0. The van der Waals surface area contributed by atoms with E-state index in [0.717, 1.165) is 0 Å². The fourth-order valence-corrected chi connectivity index (χ4v) is 1.40. The van der Waals surface area contributed by atoms with Gasteiger partial charge in [-0.2, -0.15) is 0 Å². The molecule has 88 valence electrons. The fourth-order valence-electron chi connectivity index (χ4n) is 1.40. The topological polar surface area (TPSA) is 110 Å². The van der Waals surface area contributed by atoms with E-state index in [1.807, 2.05) is 0 Å². The zero-order valence-corrected chi connectivity index (χ0v) is 8.53. The van der Waals surface area contributed by atoms with E-state index in [9.17, 15) is 20.4 Å². The molecule has 5 N–H and O–H groups in total. The van der Waals surface area contributed by atoms with Gasteiger partial charge in [0.15, 0.2) is 6.29 Å². The van der Waals surface area contributed by atoms with Crippen LogP contribution in [-0.4, -0.2) is 56.2 Å². The van der Waals surface area contributed by atoms with Gasteiger partial charge in [0.25, 0.3) is 0 Å². The molecule has 1 aliphatic heterocycles. The van der Waals surface area contributed by atoms with Gasteiger partial charge in [-0.1, -0.05) is 0 Å². The van der Waals surface area contributed by atoms with E-state index in [1.165, 1.54) is 0 Å². The van der Waals surface area contributed by atoms with E-state index in [0.29, 0.717) is 5.57 Å². The Morgan fingerprint density at radius 3 is 2.00 bits per heavy atom. The zero-order valence-electron chi connectivity index (χ0n) is 8.53. The van der Waals surface area contributed by atoms with Gasteiger partial charge < -0.3 is 30.3 Å². The maximum Gasteiger partial charge on any atom is 0.184 e. The average Bonchev–Trinajstić information content (AvgIpc) is 2.43. The smallest absolute Gasteiger partial charge is 0.184 e. The van der Waals surface area contributed by atoms with Gasteiger partial charge in [-0.25, -0.2) is 0 Å². The number of ether oxygens (including phenoxy) is 1. The highest BCUT2D eigenvalue weighted by molar-refractivity contribution is 5.10. The summed E-state index contributed by atoms with van der Waals surface area (Å²) in [5.74, 6) is -0.333. The number of hydrogen-bond acceptors (Lipinski definition) is 6. The molecule has 5 atom stereocenters. The normalized spacial score (nSPS) is 37.7. The highest BCUT2D eigenvalue weighted by atomic mass is 16.6. The minimum atomic E-state index is -1.55. The Labute approximate surface area is 87.0 Å². The van der Waals surface area contributed by atoms with Crippen molar-refractivity contribution in [3.63, 3.8) is 0 Å². The first-order valence-corrected chi connectivity index (χ1v) is 4.60. The lowest BCUT2D eigenvalue weighted by molar-refractivity contribution is -0.144. The predicted octanol–water partition coefficient (Wildman–Crippen LogP) is -1.36. The van der Waals surface area contributed by atoms with Crippen LogP contribution in [0.15, 0.2) is 11.3 Å². The molecular formula is C9H16O6. The molecular weight excluding hydrogens is 204 g/mol. The van der Waals surface area contributed by atoms with Gasteiger partial charge in [-0.3, -0.25) is 0 Å². The minimum Gasteiger partial charge on any atom is -0.510 e. The van der Waals surface area contributed by atoms with Crippen LogP contribution in [0.1, 0.15) is 13.8 Å². The summed E-state index contributed by atoms with van der Waals surface area (Å²) < 4.78 is 4.73. The highest BCUT2D eigenvalue weighted by Gasteiger charge is 2.46. The van der Waals surface area contributed by atoms with Crippen LogP contribution in [0.4, 0.5) is 0 Å². The minimum absolute atomic E-state index is 0.333. The second kappa shape index (κ2) is 4.46. The molecule has 0 spiro atoms. The van der Waals surface area contributed by atoms with Crippen LogP contribution in [0.3, 0.4) is 0 Å². The molecule has 0 aliphatic carbocycles. The van der Waals surface area contributed by atoms with Crippen molar-refractivity contribution in [3.8, 4) is 0 Å². The van der Waals surface area contributed by atoms with E-state index in [-0.39, 0.29) is 5.76 Å². The molecule has 0 amide bonds. The quantitative estimate of drug-likeness (QED) is 0.367. The van der Waals surface area contributed by atoms with Gasteiger partial charge in [0.1, 0.15) is 30.2 Å². The summed E-state index contributed by atoms with van der Waals surface area (Å²) in [5, 5.41) is 46.6. The predicted molar refractivity (Wildman–Crippen MR) is 49.9 cm³/mol. The fraction of sp³-hybridized carbons (Fsp3) is 0.778. The SMILES string of the molecule is CC(C)=C(O)C(O)[C@H]1O[C@H](O)[C@H](O)[C@@H]1O. The molecule has 1 rings (SSSR count). The Kier molecular flexibility index (Phi) is 3.69. The summed E-state index contributed by atoms with van der Waals surface area (Å²) in [6.07, 6.45) is -7.16. The third-order valence-electron chi connectivity index (χ3n) is 2.38. The van der Waals surface area contributed by atoms with Crippen LogP contribution in [0, 0.1) is 0 Å². The molecule has 1 heterocycles. The molecule has 1 unspecified atom stereocenters. The lowest BCUT2D eigenvalue weighted by Gasteiger charge is -2.20. The molecule has 0 aromatic rings. The maximum absolute atomic E-state index is 9.58. The van der Waals surface area contributed by atoms with E-state index in [1.54, 1.807) is 13.8 Å². The summed E-state index contributed by atoms with van der Waals surface area (Å²) in [5.41, 5.74) is 0.467. The van der Waals surface area contributed by atoms with Crippen molar-refractivity contribution < 1.29 is 30.3 Å². The van der Waals surface area contributed by atoms with Gasteiger partial charge in [0, 0.05) is 0 Å². The van der Waals surface area contributed by atoms with Crippen molar-refractivity contribution in [2.24, 2.45) is 0 Å². The molecule has 0 radical (unpaired) electrons. The third-order valence-corrected chi connectivity index (χ3v) is 2.38. The summed E-state index contributed by atoms with van der Waals surface area (Å²) in [4.78, 5) is 0. The van der Waals surface area contributed by atoms with Crippen molar-refractivity contribution in [1.29, 1.82) is 0 Å². The Bertz CT molecular complexity index is 259. The molecule has 1 saturated heterocycles. The molecule has 1 fully saturated rings. The molecule has 0 bridgehead atoms. The standard InChI is InChI=1S/C9H16O6/c1-3(2)4(10)5(11)8-6(12)7(13)9(14)15-8/h5-14H,1-2H3/t5?,6-,7+,8+,9-/m0/s1. The van der Waals surface area contributed by atoms with E-state index >= 15 is 0 Å². The summed E-state index contributed by atoms with van der Waals surface area (Å²) in [6, 6.07) is 0. The molecule has 0 saturated carbocycles. The Hall–Kier alpha value is -0.660. The third kappa shape index (κ3) is 2.30. The number of allylic oxidation sites excluding steroid dienone is 1. The van der Waals surface area contributed by atoms with Crippen LogP contribution in [-0.2, 0) is 4.74 Å². The zero-order chi connectivity index (χ0) is 11.7. The molecule has 6 heteroatoms. The first-order chi connectivity index (χ1) is 6.86. The molecule has 0 aromatic heterocycles. The van der Waals surface area contributed by atoms with Crippen molar-refractivity contribution in [3.05, 3.63) is 11.3 Å². The average molecular weight is 220 g/mol. The largest absolute Gasteiger partial charge is 0.510 e. The van der Waals surface area contributed by atoms with Crippen LogP contribution in [0.2, 0.25) is 0 Å². The second-order valence-corrected chi connectivity index (χ2v) is 3.80. The Morgan fingerprint density at radius 2 is 1.67 bits per heavy atom. The van der Waals surface area contributed by atoms with Crippen LogP contribution >= 0.6 is 0 Å². The van der Waals surface area contributed by atoms with Crippen LogP contribution in [0.25, 0.3) is 0 Å². The number of aliphatic hydroxyl groups excluding tert-OH is 5. The van der Waals surface area contributed by atoms with Gasteiger partial charge in [-0.05, 0) is 19.4 Å². The molecule has 15 heavy (non-hydrogen) atoms. The van der Waals surface area contributed by atoms with Gasteiger partial charge in [0.2, 0.25) is 0 Å². The van der Waals surface area contributed by atoms with Gasteiger partial charge in [0.05, 0.1) is 0 Å². The first-order valence-electron chi connectivity index (χ1n) is 4.60. The molecule has 1 aliphatic rings. The second-order valence-electron chi connectivity index (χ2n) is 3.80. The first kappa shape index (κ1) is 12.4. The number of rotatable bonds is 2. The van der Waals surface area contributed by atoms with E-state index < -0.39 is 30.7 Å². The number of hydrogen-bond donors (Lipinski definition) is 5. The van der Waals surface area contributed by atoms with Crippen LogP contribution < -0.4 is 0 Å². The van der Waals surface area contributed by atoms with Gasteiger partial charge >= 0.3 is 0 Å². The highest BCUT2D eigenvalue weighted by Crippen LogP contribution is 2.25. The van der Waals surface area contributed by atoms with Crippen molar-refractivity contribution >= 4 is 0 Å². The van der Waals surface area contributed by atoms with Crippen molar-refractivity contribution in [2.45, 2.75) is 44.6 Å². The van der Waals surface area contributed by atoms with E-state index in [2.05, 4.69) is 0 Å². The van der Waals surface area contributed by atoms with Crippen LogP contribution in [0.5, 0.6) is 0 Å². The van der Waals surface area contributed by atoms with Crippen molar-refractivity contribution in [2.75, 3.05) is 0 Å². The summed E-state index contributed by atoms with van der Waals surface area (Å²) in [6.45, 7) is 3.15. The molecule has 6 nitrogen and oxygen atoms in total. The monoisotopic (exact) mass is 220 g/mol. The lowest BCUT2D eigenvalue weighted by Crippen LogP contribution is -2.40. The van der Waals surface area contributed by atoms with Crippen molar-refractivity contribution in [1.82, 2.24) is 0 Å². The molecule has 0 aromatic carbocycles. The maximum atomic E-state index is 9.58.